The molecule has 8 nitrogen and oxygen atoms in total. The molecule has 1 aliphatic heterocycles. The highest BCUT2D eigenvalue weighted by molar-refractivity contribution is 6.00. The molecule has 3 N–H and O–H groups in total. The number of anilines is 1. The van der Waals surface area contributed by atoms with Gasteiger partial charge in [-0.15, -0.1) is 0 Å². The zero-order valence-electron chi connectivity index (χ0n) is 25.8. The number of hydrogen-bond donors (Lipinski definition) is 2. The summed E-state index contributed by atoms with van der Waals surface area (Å²) in [5, 5.41) is 0. The molecule has 2 aromatic heterocycles. The van der Waals surface area contributed by atoms with Crippen molar-refractivity contribution in [1.29, 1.82) is 0 Å². The standard InChI is InChI=1S/C36H39FN6O2/c1-3-24-12-14-43(15-13-24)16-17-45-29-9-5-7-26(20-29)32-22-39-35(38)33(40-32)36-41-30-11-10-27(21-31(30)42-36)34(44)23(2)18-25-6-4-8-28(37)19-25/h4-11,19-24H,3,12-18H2,1-2H3,(H2,38,39)(H,41,42). The van der Waals surface area contributed by atoms with Crippen LogP contribution in [0.1, 0.15) is 49.0 Å². The highest BCUT2D eigenvalue weighted by atomic mass is 19.1. The number of imidazole rings is 1. The lowest BCUT2D eigenvalue weighted by molar-refractivity contribution is 0.0929. The minimum atomic E-state index is -0.317. The Morgan fingerprint density at radius 2 is 1.91 bits per heavy atom. The van der Waals surface area contributed by atoms with Crippen LogP contribution < -0.4 is 10.5 Å². The van der Waals surface area contributed by atoms with Crippen molar-refractivity contribution in [2.45, 2.75) is 39.5 Å². The number of halogens is 1. The Balaban J connectivity index is 1.15. The third kappa shape index (κ3) is 7.20. The van der Waals surface area contributed by atoms with E-state index in [4.69, 9.17) is 20.4 Å². The fraction of sp³-hybridized carbons (Fsp3) is 0.333. The number of rotatable bonds is 11. The van der Waals surface area contributed by atoms with E-state index in [0.717, 1.165) is 42.4 Å². The van der Waals surface area contributed by atoms with E-state index in [1.165, 1.54) is 31.4 Å². The molecule has 1 fully saturated rings. The number of Topliss-reactive ketones (excluding diaryl/α,β-unsaturated/α-hetero) is 1. The Labute approximate surface area is 262 Å². The van der Waals surface area contributed by atoms with E-state index in [-0.39, 0.29) is 23.3 Å². The van der Waals surface area contributed by atoms with Crippen molar-refractivity contribution in [2.24, 2.45) is 11.8 Å². The number of fused-ring (bicyclic) bond motifs is 1. The monoisotopic (exact) mass is 606 g/mol. The number of carbonyl (C=O) groups is 1. The normalized spacial score (nSPS) is 14.9. The highest BCUT2D eigenvalue weighted by Gasteiger charge is 2.20. The minimum Gasteiger partial charge on any atom is -0.492 e. The first-order chi connectivity index (χ1) is 21.9. The molecule has 45 heavy (non-hydrogen) atoms. The van der Waals surface area contributed by atoms with Gasteiger partial charge in [0.05, 0.1) is 22.9 Å². The van der Waals surface area contributed by atoms with Gasteiger partial charge in [-0.25, -0.2) is 19.3 Å². The lowest BCUT2D eigenvalue weighted by Gasteiger charge is -2.31. The second-order valence-electron chi connectivity index (χ2n) is 12.0. The Kier molecular flexibility index (Phi) is 9.16. The zero-order valence-corrected chi connectivity index (χ0v) is 25.8. The average Bonchev–Trinajstić information content (AvgIpc) is 3.48. The number of nitrogens with zero attached hydrogens (tertiary/aromatic N) is 4. The molecule has 5 aromatic rings. The summed E-state index contributed by atoms with van der Waals surface area (Å²) in [4.78, 5) is 32.9. The van der Waals surface area contributed by atoms with Crippen LogP contribution in [0.25, 0.3) is 33.8 Å². The quantitative estimate of drug-likeness (QED) is 0.156. The molecule has 0 saturated carbocycles. The number of carbonyl (C=O) groups excluding carboxylic acids is 1. The Morgan fingerprint density at radius 1 is 1.09 bits per heavy atom. The summed E-state index contributed by atoms with van der Waals surface area (Å²) in [6.07, 6.45) is 5.91. The van der Waals surface area contributed by atoms with Crippen LogP contribution in [0.3, 0.4) is 0 Å². The van der Waals surface area contributed by atoms with E-state index in [2.05, 4.69) is 21.8 Å². The summed E-state index contributed by atoms with van der Waals surface area (Å²) in [5.41, 5.74) is 10.9. The van der Waals surface area contributed by atoms with Gasteiger partial charge in [-0.1, -0.05) is 44.5 Å². The summed E-state index contributed by atoms with van der Waals surface area (Å²) < 4.78 is 19.7. The summed E-state index contributed by atoms with van der Waals surface area (Å²) in [6.45, 7) is 7.96. The molecule has 3 heterocycles. The molecule has 1 unspecified atom stereocenters. The van der Waals surface area contributed by atoms with E-state index in [1.54, 1.807) is 30.5 Å². The molecule has 0 aliphatic carbocycles. The number of hydrogen-bond acceptors (Lipinski definition) is 7. The highest BCUT2D eigenvalue weighted by Crippen LogP contribution is 2.29. The molecule has 6 rings (SSSR count). The maximum atomic E-state index is 13.6. The van der Waals surface area contributed by atoms with Crippen LogP contribution >= 0.6 is 0 Å². The molecule has 0 spiro atoms. The molecule has 1 saturated heterocycles. The molecule has 232 valence electrons. The SMILES string of the molecule is CCC1CCN(CCOc2cccc(-c3cnc(N)c(-c4nc5ccc(C(=O)C(C)Cc6cccc(F)c6)cc5[nH]4)n3)c2)CC1. The first-order valence-electron chi connectivity index (χ1n) is 15.7. The van der Waals surface area contributed by atoms with Crippen molar-refractivity contribution in [3.05, 3.63) is 89.9 Å². The summed E-state index contributed by atoms with van der Waals surface area (Å²) in [6, 6.07) is 19.6. The fourth-order valence-electron chi connectivity index (χ4n) is 6.04. The van der Waals surface area contributed by atoms with Crippen LogP contribution in [-0.2, 0) is 6.42 Å². The van der Waals surface area contributed by atoms with Gasteiger partial charge in [0.25, 0.3) is 0 Å². The maximum Gasteiger partial charge on any atom is 0.166 e. The summed E-state index contributed by atoms with van der Waals surface area (Å²) >= 11 is 0. The molecule has 0 amide bonds. The van der Waals surface area contributed by atoms with Crippen molar-refractivity contribution < 1.29 is 13.9 Å². The van der Waals surface area contributed by atoms with E-state index in [9.17, 15) is 9.18 Å². The first-order valence-corrected chi connectivity index (χ1v) is 15.7. The number of nitrogens with two attached hydrogens (primary N) is 1. The number of benzene rings is 3. The average molecular weight is 607 g/mol. The fourth-order valence-corrected chi connectivity index (χ4v) is 6.04. The van der Waals surface area contributed by atoms with Crippen molar-refractivity contribution in [3.8, 4) is 28.5 Å². The number of likely N-dealkylation sites (tertiary alicyclic amines) is 1. The summed E-state index contributed by atoms with van der Waals surface area (Å²) in [7, 11) is 0. The molecule has 1 aliphatic rings. The number of piperidine rings is 1. The smallest absolute Gasteiger partial charge is 0.166 e. The Bertz CT molecular complexity index is 1800. The molecule has 0 bridgehead atoms. The van der Waals surface area contributed by atoms with Gasteiger partial charge in [0.1, 0.15) is 23.9 Å². The van der Waals surface area contributed by atoms with E-state index in [0.29, 0.717) is 46.8 Å². The zero-order chi connectivity index (χ0) is 31.3. The predicted molar refractivity (Wildman–Crippen MR) is 176 cm³/mol. The molecule has 0 radical (unpaired) electrons. The minimum absolute atomic E-state index is 0.0261. The molecular formula is C36H39FN6O2. The largest absolute Gasteiger partial charge is 0.492 e. The van der Waals surface area contributed by atoms with Crippen LogP contribution in [0.2, 0.25) is 0 Å². The Morgan fingerprint density at radius 3 is 2.71 bits per heavy atom. The molecule has 3 aromatic carbocycles. The number of nitrogens with one attached hydrogen (secondary N) is 1. The van der Waals surface area contributed by atoms with Gasteiger partial charge in [0.2, 0.25) is 0 Å². The first kappa shape index (κ1) is 30.4. The number of aromatic nitrogens is 4. The predicted octanol–water partition coefficient (Wildman–Crippen LogP) is 6.97. The van der Waals surface area contributed by atoms with Gasteiger partial charge in [-0.3, -0.25) is 9.69 Å². The van der Waals surface area contributed by atoms with Crippen LogP contribution in [0.15, 0.2) is 72.9 Å². The Hall–Kier alpha value is -4.63. The van der Waals surface area contributed by atoms with Crippen molar-refractivity contribution in [3.63, 3.8) is 0 Å². The number of aromatic amines is 1. The maximum absolute atomic E-state index is 13.6. The second-order valence-corrected chi connectivity index (χ2v) is 12.0. The van der Waals surface area contributed by atoms with Crippen LogP contribution in [0.4, 0.5) is 10.2 Å². The number of H-pyrrole nitrogens is 1. The van der Waals surface area contributed by atoms with Crippen molar-refractivity contribution >= 4 is 22.6 Å². The van der Waals surface area contributed by atoms with Crippen LogP contribution in [-0.4, -0.2) is 56.9 Å². The van der Waals surface area contributed by atoms with Gasteiger partial charge >= 0.3 is 0 Å². The van der Waals surface area contributed by atoms with E-state index >= 15 is 0 Å². The topological polar surface area (TPSA) is 110 Å². The van der Waals surface area contributed by atoms with Gasteiger partial charge in [-0.05, 0) is 86.3 Å². The third-order valence-electron chi connectivity index (χ3n) is 8.76. The second kappa shape index (κ2) is 13.6. The summed E-state index contributed by atoms with van der Waals surface area (Å²) in [5.74, 6) is 1.71. The van der Waals surface area contributed by atoms with Gasteiger partial charge in [0.15, 0.2) is 17.4 Å². The van der Waals surface area contributed by atoms with Crippen LogP contribution in [0.5, 0.6) is 5.75 Å². The number of ketones is 1. The van der Waals surface area contributed by atoms with Crippen molar-refractivity contribution in [1.82, 2.24) is 24.8 Å². The molecule has 9 heteroatoms. The lowest BCUT2D eigenvalue weighted by atomic mass is 9.93. The lowest BCUT2D eigenvalue weighted by Crippen LogP contribution is -2.36. The van der Waals surface area contributed by atoms with Crippen LogP contribution in [0, 0.1) is 17.7 Å². The van der Waals surface area contributed by atoms with E-state index in [1.807, 2.05) is 37.3 Å². The molecule has 1 atom stereocenters. The van der Waals surface area contributed by atoms with Crippen molar-refractivity contribution in [2.75, 3.05) is 32.0 Å². The van der Waals surface area contributed by atoms with E-state index < -0.39 is 0 Å². The van der Waals surface area contributed by atoms with Gasteiger partial charge in [0, 0.05) is 23.6 Å². The number of ether oxygens (including phenoxy) is 1. The number of nitrogen functional groups attached to an aromatic ring is 1. The molecular weight excluding hydrogens is 567 g/mol. The third-order valence-corrected chi connectivity index (χ3v) is 8.76. The van der Waals surface area contributed by atoms with Gasteiger partial charge in [-0.2, -0.15) is 0 Å². The van der Waals surface area contributed by atoms with Gasteiger partial charge < -0.3 is 15.5 Å².